The van der Waals surface area contributed by atoms with E-state index >= 15 is 0 Å². The van der Waals surface area contributed by atoms with E-state index in [0.29, 0.717) is 11.3 Å². The van der Waals surface area contributed by atoms with Gasteiger partial charge in [0.05, 0.1) is 11.3 Å². The van der Waals surface area contributed by atoms with Crippen molar-refractivity contribution in [1.29, 1.82) is 0 Å². The molecule has 5 nitrogen and oxygen atoms in total. The van der Waals surface area contributed by atoms with Gasteiger partial charge in [0.15, 0.2) is 0 Å². The third-order valence-electron chi connectivity index (χ3n) is 4.31. The fraction of sp³-hybridized carbons (Fsp3) is 0.500. The van der Waals surface area contributed by atoms with Crippen molar-refractivity contribution in [1.82, 2.24) is 4.90 Å². The lowest BCUT2D eigenvalue weighted by molar-refractivity contribution is -0.112. The number of amides is 1. The number of ketones is 1. The van der Waals surface area contributed by atoms with Crippen molar-refractivity contribution in [3.63, 3.8) is 0 Å². The number of fused-ring (bicyclic) bond motifs is 1. The Morgan fingerprint density at radius 3 is 2.62 bits per heavy atom. The zero-order valence-electron chi connectivity index (χ0n) is 12.6. The van der Waals surface area contributed by atoms with Gasteiger partial charge in [0.25, 0.3) is 11.7 Å². The Morgan fingerprint density at radius 2 is 1.95 bits per heavy atom. The van der Waals surface area contributed by atoms with Crippen molar-refractivity contribution in [2.75, 3.05) is 43.9 Å². The van der Waals surface area contributed by atoms with Crippen molar-refractivity contribution in [3.05, 3.63) is 23.8 Å². The lowest BCUT2D eigenvalue weighted by atomic mass is 9.96. The lowest BCUT2D eigenvalue weighted by Gasteiger charge is -2.34. The molecule has 1 aromatic rings. The third-order valence-corrected chi connectivity index (χ3v) is 4.31. The summed E-state index contributed by atoms with van der Waals surface area (Å²) in [5.41, 5.74) is 2.23. The number of carbonyl (C=O) groups is 2. The highest BCUT2D eigenvalue weighted by Gasteiger charge is 2.29. The van der Waals surface area contributed by atoms with Crippen LogP contribution in [0.2, 0.25) is 0 Å². The molecule has 0 radical (unpaired) electrons. The zero-order chi connectivity index (χ0) is 15.0. The number of carbonyl (C=O) groups excluding carboxylic acids is 2. The minimum Gasteiger partial charge on any atom is -0.371 e. The molecule has 112 valence electrons. The molecule has 0 bridgehead atoms. The first-order valence-corrected chi connectivity index (χ1v) is 7.44. The summed E-state index contributed by atoms with van der Waals surface area (Å²) in [7, 11) is 4.24. The maximum Gasteiger partial charge on any atom is 0.296 e. The minimum absolute atomic E-state index is 0.429. The summed E-state index contributed by atoms with van der Waals surface area (Å²) in [6.45, 7) is 3.20. The molecule has 5 heteroatoms. The number of Topliss-reactive ketones (excluding diaryl/α,β-unsaturated/α-hetero) is 1. The highest BCUT2D eigenvalue weighted by molar-refractivity contribution is 6.51. The van der Waals surface area contributed by atoms with Gasteiger partial charge in [-0.2, -0.15) is 0 Å². The van der Waals surface area contributed by atoms with Crippen LogP contribution < -0.4 is 10.2 Å². The van der Waals surface area contributed by atoms with Gasteiger partial charge in [-0.1, -0.05) is 0 Å². The van der Waals surface area contributed by atoms with Gasteiger partial charge in [-0.25, -0.2) is 0 Å². The second-order valence-electron chi connectivity index (χ2n) is 6.21. The van der Waals surface area contributed by atoms with Gasteiger partial charge in [0.1, 0.15) is 0 Å². The first-order chi connectivity index (χ1) is 10.0. The summed E-state index contributed by atoms with van der Waals surface area (Å²) in [6.07, 6.45) is 2.36. The number of piperidine rings is 1. The highest BCUT2D eigenvalue weighted by atomic mass is 16.2. The first-order valence-electron chi connectivity index (χ1n) is 7.44. The molecule has 0 unspecified atom stereocenters. The molecule has 1 amide bonds. The third kappa shape index (κ3) is 2.78. The molecular weight excluding hydrogens is 266 g/mol. The molecule has 0 spiro atoms. The molecule has 0 atom stereocenters. The predicted molar refractivity (Wildman–Crippen MR) is 82.9 cm³/mol. The molecule has 2 heterocycles. The Labute approximate surface area is 124 Å². The van der Waals surface area contributed by atoms with E-state index in [1.807, 2.05) is 12.1 Å². The van der Waals surface area contributed by atoms with E-state index in [1.165, 1.54) is 12.8 Å². The van der Waals surface area contributed by atoms with E-state index < -0.39 is 11.7 Å². The van der Waals surface area contributed by atoms with Crippen molar-refractivity contribution >= 4 is 23.1 Å². The minimum atomic E-state index is -0.521. The second-order valence-corrected chi connectivity index (χ2v) is 6.21. The Balaban J connectivity index is 1.68. The Bertz CT molecular complexity index is 575. The molecule has 0 saturated carbocycles. The van der Waals surface area contributed by atoms with Crippen LogP contribution in [0.5, 0.6) is 0 Å². The molecule has 21 heavy (non-hydrogen) atoms. The molecule has 1 saturated heterocycles. The predicted octanol–water partition coefficient (Wildman–Crippen LogP) is 1.60. The number of rotatable bonds is 3. The summed E-state index contributed by atoms with van der Waals surface area (Å²) >= 11 is 0. The van der Waals surface area contributed by atoms with Crippen LogP contribution in [0.1, 0.15) is 23.2 Å². The van der Waals surface area contributed by atoms with Crippen molar-refractivity contribution < 1.29 is 9.59 Å². The molecule has 0 aromatic heterocycles. The van der Waals surface area contributed by atoms with Gasteiger partial charge in [-0.15, -0.1) is 0 Å². The number of nitrogens with one attached hydrogen (secondary N) is 1. The van der Waals surface area contributed by atoms with E-state index in [4.69, 9.17) is 0 Å². The van der Waals surface area contributed by atoms with E-state index in [2.05, 4.69) is 29.2 Å². The fourth-order valence-corrected chi connectivity index (χ4v) is 3.22. The van der Waals surface area contributed by atoms with Crippen LogP contribution in [0.4, 0.5) is 11.4 Å². The molecule has 2 aliphatic heterocycles. The average molecular weight is 287 g/mol. The number of hydrogen-bond donors (Lipinski definition) is 1. The van der Waals surface area contributed by atoms with Gasteiger partial charge >= 0.3 is 0 Å². The summed E-state index contributed by atoms with van der Waals surface area (Å²) in [5, 5.41) is 2.64. The van der Waals surface area contributed by atoms with Crippen LogP contribution in [0.3, 0.4) is 0 Å². The van der Waals surface area contributed by atoms with Gasteiger partial charge < -0.3 is 15.1 Å². The van der Waals surface area contributed by atoms with Gasteiger partial charge in [0.2, 0.25) is 0 Å². The molecule has 1 N–H and O–H groups in total. The van der Waals surface area contributed by atoms with E-state index in [9.17, 15) is 9.59 Å². The number of nitrogens with zero attached hydrogens (tertiary/aromatic N) is 2. The molecule has 1 fully saturated rings. The Morgan fingerprint density at radius 1 is 1.24 bits per heavy atom. The lowest BCUT2D eigenvalue weighted by Crippen LogP contribution is -2.37. The van der Waals surface area contributed by atoms with Crippen molar-refractivity contribution in [2.24, 2.45) is 5.92 Å². The van der Waals surface area contributed by atoms with Crippen LogP contribution in [0.15, 0.2) is 18.2 Å². The molecule has 3 rings (SSSR count). The summed E-state index contributed by atoms with van der Waals surface area (Å²) < 4.78 is 0. The van der Waals surface area contributed by atoms with Crippen LogP contribution >= 0.6 is 0 Å². The number of anilines is 2. The maximum absolute atomic E-state index is 11.6. The monoisotopic (exact) mass is 287 g/mol. The van der Waals surface area contributed by atoms with E-state index in [1.54, 1.807) is 6.07 Å². The molecular formula is C16H21N3O2. The van der Waals surface area contributed by atoms with Crippen LogP contribution in [-0.4, -0.2) is 50.3 Å². The van der Waals surface area contributed by atoms with Crippen molar-refractivity contribution in [3.8, 4) is 0 Å². The maximum atomic E-state index is 11.6. The fourth-order valence-electron chi connectivity index (χ4n) is 3.22. The van der Waals surface area contributed by atoms with Gasteiger partial charge in [-0.3, -0.25) is 9.59 Å². The smallest absolute Gasteiger partial charge is 0.296 e. The van der Waals surface area contributed by atoms with Crippen LogP contribution in [0.25, 0.3) is 0 Å². The van der Waals surface area contributed by atoms with Gasteiger partial charge in [0, 0.05) is 25.3 Å². The Kier molecular flexibility index (Phi) is 3.68. The van der Waals surface area contributed by atoms with Gasteiger partial charge in [-0.05, 0) is 51.1 Å². The standard InChI is InChI=1S/C16H21N3O2/c1-18(2)10-11-5-7-19(8-6-11)12-3-4-13-14(9-12)17-16(21)15(13)20/h3-4,9,11H,5-8,10H2,1-2H3,(H,17,20,21). The summed E-state index contributed by atoms with van der Waals surface area (Å²) in [4.78, 5) is 27.6. The average Bonchev–Trinajstić information content (AvgIpc) is 2.74. The molecule has 1 aromatic carbocycles. The second kappa shape index (κ2) is 5.48. The van der Waals surface area contributed by atoms with Crippen LogP contribution in [-0.2, 0) is 4.79 Å². The molecule has 2 aliphatic rings. The van der Waals surface area contributed by atoms with Crippen LogP contribution in [0, 0.1) is 5.92 Å². The summed E-state index contributed by atoms with van der Waals surface area (Å²) in [5.74, 6) is -0.194. The topological polar surface area (TPSA) is 52.6 Å². The number of hydrogen-bond acceptors (Lipinski definition) is 4. The molecule has 0 aliphatic carbocycles. The van der Waals surface area contributed by atoms with E-state index in [-0.39, 0.29) is 0 Å². The quantitative estimate of drug-likeness (QED) is 0.858. The Hall–Kier alpha value is -1.88. The normalized spacial score (nSPS) is 19.1. The van der Waals surface area contributed by atoms with Crippen molar-refractivity contribution in [2.45, 2.75) is 12.8 Å². The highest BCUT2D eigenvalue weighted by Crippen LogP contribution is 2.30. The first kappa shape index (κ1) is 14.1. The van der Waals surface area contributed by atoms with E-state index in [0.717, 1.165) is 31.2 Å². The largest absolute Gasteiger partial charge is 0.371 e. The SMILES string of the molecule is CN(C)CC1CCN(c2ccc3c(c2)NC(=O)C3=O)CC1. The number of benzene rings is 1. The summed E-state index contributed by atoms with van der Waals surface area (Å²) in [6, 6.07) is 5.63. The zero-order valence-corrected chi connectivity index (χ0v) is 12.6.